The molecule has 0 saturated carbocycles. The van der Waals surface area contributed by atoms with Gasteiger partial charge in [-0.3, -0.25) is 24.6 Å². The van der Waals surface area contributed by atoms with E-state index in [1.165, 1.54) is 18.0 Å². The summed E-state index contributed by atoms with van der Waals surface area (Å²) >= 11 is 0. The number of likely N-dealkylation sites (N-methyl/N-ethyl adjacent to an activating group) is 1. The minimum absolute atomic E-state index is 0.178. The topological polar surface area (TPSA) is 106 Å². The lowest BCUT2D eigenvalue weighted by molar-refractivity contribution is -0.402. The molecular formula is C15H13N3O5. The smallest absolute Gasteiger partial charge is 0.395 e. The Balaban J connectivity index is 2.00. The van der Waals surface area contributed by atoms with E-state index >= 15 is 0 Å². The lowest BCUT2D eigenvalue weighted by Gasteiger charge is -2.23. The number of carbonyl (C=O) groups is 2. The van der Waals surface area contributed by atoms with Crippen LogP contribution in [0.15, 0.2) is 40.8 Å². The maximum absolute atomic E-state index is 12.7. The molecule has 2 aromatic rings. The summed E-state index contributed by atoms with van der Waals surface area (Å²) in [7, 11) is 1.49. The highest BCUT2D eigenvalue weighted by atomic mass is 16.6. The molecule has 1 atom stereocenters. The molecule has 8 heteroatoms. The van der Waals surface area contributed by atoms with Crippen molar-refractivity contribution in [2.24, 2.45) is 0 Å². The molecule has 0 radical (unpaired) electrons. The highest BCUT2D eigenvalue weighted by molar-refractivity contribution is 6.10. The molecule has 1 aromatic heterocycles. The van der Waals surface area contributed by atoms with Crippen LogP contribution < -0.4 is 10.2 Å². The molecule has 1 aromatic carbocycles. The van der Waals surface area contributed by atoms with Crippen LogP contribution in [0.5, 0.6) is 0 Å². The summed E-state index contributed by atoms with van der Waals surface area (Å²) in [5, 5.41) is 13.2. The zero-order valence-corrected chi connectivity index (χ0v) is 12.2. The highest BCUT2D eigenvalue weighted by Crippen LogP contribution is 2.34. The Hall–Kier alpha value is -3.16. The summed E-state index contributed by atoms with van der Waals surface area (Å²) in [6, 6.07) is 8.79. The monoisotopic (exact) mass is 315 g/mol. The van der Waals surface area contributed by atoms with Crippen molar-refractivity contribution >= 4 is 23.4 Å². The van der Waals surface area contributed by atoms with Gasteiger partial charge in [0.05, 0.1) is 6.07 Å². The average Bonchev–Trinajstić information content (AvgIpc) is 3.18. The number of furan rings is 1. The van der Waals surface area contributed by atoms with Crippen molar-refractivity contribution in [2.45, 2.75) is 12.5 Å². The predicted octanol–water partition coefficient (Wildman–Crippen LogP) is 1.51. The van der Waals surface area contributed by atoms with E-state index in [4.69, 9.17) is 4.42 Å². The van der Waals surface area contributed by atoms with Gasteiger partial charge in [-0.15, -0.1) is 0 Å². The molecule has 23 heavy (non-hydrogen) atoms. The fourth-order valence-electron chi connectivity index (χ4n) is 2.67. The quantitative estimate of drug-likeness (QED) is 0.682. The first kappa shape index (κ1) is 14.8. The van der Waals surface area contributed by atoms with Crippen molar-refractivity contribution in [3.63, 3.8) is 0 Å². The lowest BCUT2D eigenvalue weighted by atomic mass is 10.1. The normalized spacial score (nSPS) is 16.0. The number of rotatable bonds is 3. The van der Waals surface area contributed by atoms with Crippen LogP contribution in [-0.2, 0) is 11.2 Å². The summed E-state index contributed by atoms with van der Waals surface area (Å²) in [4.78, 5) is 36.1. The van der Waals surface area contributed by atoms with E-state index in [1.54, 1.807) is 12.1 Å². The van der Waals surface area contributed by atoms with Crippen LogP contribution in [0.3, 0.4) is 0 Å². The Labute approximate surface area is 130 Å². The SMILES string of the molecule is CNC(=O)[C@H]1Cc2ccccc2N1C(=O)c1ccc([N+](=O)[O-])o1. The molecule has 3 rings (SSSR count). The van der Waals surface area contributed by atoms with Crippen molar-refractivity contribution in [3.8, 4) is 0 Å². The Morgan fingerprint density at radius 3 is 2.70 bits per heavy atom. The Morgan fingerprint density at radius 1 is 1.30 bits per heavy atom. The van der Waals surface area contributed by atoms with Crippen molar-refractivity contribution in [3.05, 3.63) is 57.8 Å². The molecule has 2 amide bonds. The van der Waals surface area contributed by atoms with Gasteiger partial charge in [-0.1, -0.05) is 18.2 Å². The van der Waals surface area contributed by atoms with Crippen LogP contribution in [0.1, 0.15) is 16.1 Å². The summed E-state index contributed by atoms with van der Waals surface area (Å²) < 4.78 is 4.97. The maximum Gasteiger partial charge on any atom is 0.433 e. The minimum atomic E-state index is -0.717. The Kier molecular flexibility index (Phi) is 3.57. The lowest BCUT2D eigenvalue weighted by Crippen LogP contribution is -2.47. The number of nitro groups is 1. The zero-order chi connectivity index (χ0) is 16.6. The molecule has 0 unspecified atom stereocenters. The van der Waals surface area contributed by atoms with Crippen molar-refractivity contribution in [1.82, 2.24) is 5.32 Å². The fraction of sp³-hybridized carbons (Fsp3) is 0.200. The van der Waals surface area contributed by atoms with Gasteiger partial charge < -0.3 is 9.73 Å². The number of hydrogen-bond acceptors (Lipinski definition) is 5. The van der Waals surface area contributed by atoms with E-state index in [-0.39, 0.29) is 11.7 Å². The molecule has 0 aliphatic carbocycles. The number of anilines is 1. The van der Waals surface area contributed by atoms with Crippen LogP contribution in [-0.4, -0.2) is 29.8 Å². The van der Waals surface area contributed by atoms with Crippen LogP contribution in [0.4, 0.5) is 11.6 Å². The average molecular weight is 315 g/mol. The molecule has 0 fully saturated rings. The molecule has 118 valence electrons. The van der Waals surface area contributed by atoms with Gasteiger partial charge in [-0.25, -0.2) is 0 Å². The maximum atomic E-state index is 12.7. The van der Waals surface area contributed by atoms with Crippen LogP contribution >= 0.6 is 0 Å². The van der Waals surface area contributed by atoms with E-state index in [0.29, 0.717) is 12.1 Å². The molecule has 1 aliphatic heterocycles. The first-order chi connectivity index (χ1) is 11.0. The second-order valence-corrected chi connectivity index (χ2v) is 5.03. The van der Waals surface area contributed by atoms with Gasteiger partial charge >= 0.3 is 5.88 Å². The third-order valence-electron chi connectivity index (χ3n) is 3.73. The van der Waals surface area contributed by atoms with Crippen LogP contribution in [0, 0.1) is 10.1 Å². The zero-order valence-electron chi connectivity index (χ0n) is 12.2. The summed E-state index contributed by atoms with van der Waals surface area (Å²) in [6.07, 6.45) is 0.379. The van der Waals surface area contributed by atoms with Gasteiger partial charge in [0.1, 0.15) is 11.0 Å². The van der Waals surface area contributed by atoms with Crippen LogP contribution in [0.25, 0.3) is 0 Å². The Morgan fingerprint density at radius 2 is 2.04 bits per heavy atom. The molecule has 0 bridgehead atoms. The van der Waals surface area contributed by atoms with E-state index in [9.17, 15) is 19.7 Å². The van der Waals surface area contributed by atoms with E-state index in [0.717, 1.165) is 11.6 Å². The first-order valence-electron chi connectivity index (χ1n) is 6.90. The number of hydrogen-bond donors (Lipinski definition) is 1. The van der Waals surface area contributed by atoms with Gasteiger partial charge in [0.2, 0.25) is 5.91 Å². The number of carbonyl (C=O) groups excluding carboxylic acids is 2. The van der Waals surface area contributed by atoms with Crippen molar-refractivity contribution in [1.29, 1.82) is 0 Å². The fourth-order valence-corrected chi connectivity index (χ4v) is 2.67. The molecule has 1 N–H and O–H groups in total. The molecular weight excluding hydrogens is 302 g/mol. The third kappa shape index (κ3) is 2.44. The first-order valence-corrected chi connectivity index (χ1v) is 6.90. The van der Waals surface area contributed by atoms with Gasteiger partial charge in [-0.2, -0.15) is 0 Å². The predicted molar refractivity (Wildman–Crippen MR) is 80.2 cm³/mol. The van der Waals surface area contributed by atoms with Gasteiger partial charge in [0.25, 0.3) is 5.91 Å². The molecule has 1 aliphatic rings. The Bertz CT molecular complexity index is 798. The number of nitrogens with zero attached hydrogens (tertiary/aromatic N) is 2. The number of fused-ring (bicyclic) bond motifs is 1. The number of nitrogens with one attached hydrogen (secondary N) is 1. The second kappa shape index (κ2) is 5.56. The molecule has 2 heterocycles. The molecule has 0 saturated heterocycles. The summed E-state index contributed by atoms with van der Waals surface area (Å²) in [5.74, 6) is -1.59. The van der Waals surface area contributed by atoms with Crippen molar-refractivity contribution < 1.29 is 18.9 Å². The molecule has 0 spiro atoms. The number of amides is 2. The minimum Gasteiger partial charge on any atom is -0.395 e. The van der Waals surface area contributed by atoms with E-state index in [2.05, 4.69) is 5.32 Å². The van der Waals surface area contributed by atoms with Gasteiger partial charge in [0, 0.05) is 19.2 Å². The van der Waals surface area contributed by atoms with E-state index in [1.807, 2.05) is 12.1 Å². The summed E-state index contributed by atoms with van der Waals surface area (Å²) in [5.41, 5.74) is 1.46. The highest BCUT2D eigenvalue weighted by Gasteiger charge is 2.39. The number of benzene rings is 1. The standard InChI is InChI=1S/C15H13N3O5/c1-16-14(19)11-8-9-4-2-3-5-10(9)17(11)15(20)12-6-7-13(23-12)18(21)22/h2-7,11H,8H2,1H3,(H,16,19)/t11-/m1/s1. The van der Waals surface area contributed by atoms with Gasteiger partial charge in [-0.05, 0) is 17.7 Å². The molecule has 8 nitrogen and oxygen atoms in total. The second-order valence-electron chi connectivity index (χ2n) is 5.03. The summed E-state index contributed by atoms with van der Waals surface area (Å²) in [6.45, 7) is 0. The van der Waals surface area contributed by atoms with Crippen LogP contribution in [0.2, 0.25) is 0 Å². The van der Waals surface area contributed by atoms with Crippen molar-refractivity contribution in [2.75, 3.05) is 11.9 Å². The van der Waals surface area contributed by atoms with Gasteiger partial charge in [0.15, 0.2) is 5.76 Å². The number of para-hydroxylation sites is 1. The third-order valence-corrected chi connectivity index (χ3v) is 3.73. The largest absolute Gasteiger partial charge is 0.433 e. The van der Waals surface area contributed by atoms with E-state index < -0.39 is 22.8 Å².